The van der Waals surface area contributed by atoms with Gasteiger partial charge in [-0.25, -0.2) is 13.6 Å². The third kappa shape index (κ3) is 5.86. The highest BCUT2D eigenvalue weighted by Gasteiger charge is 2.18. The minimum absolute atomic E-state index is 0.0415. The summed E-state index contributed by atoms with van der Waals surface area (Å²) < 4.78 is 28.6. The third-order valence-electron chi connectivity index (χ3n) is 4.82. The number of aliphatic hydroxyl groups is 1. The highest BCUT2D eigenvalue weighted by atomic mass is 35.5. The van der Waals surface area contributed by atoms with Gasteiger partial charge in [-0.1, -0.05) is 41.4 Å². The molecule has 9 heteroatoms. The number of carbonyl (C=O) groups is 1. The van der Waals surface area contributed by atoms with Crippen LogP contribution >= 0.6 is 11.6 Å². The number of primary sulfonamides is 1. The molecule has 0 radical (unpaired) electrons. The first-order valence-corrected chi connectivity index (χ1v) is 11.6. The van der Waals surface area contributed by atoms with E-state index in [-0.39, 0.29) is 11.5 Å². The summed E-state index contributed by atoms with van der Waals surface area (Å²) in [5.74, 6) is -0.138. The number of rotatable bonds is 7. The molecule has 1 atom stereocenters. The summed E-state index contributed by atoms with van der Waals surface area (Å²) in [4.78, 5) is 12.4. The summed E-state index contributed by atoms with van der Waals surface area (Å²) in [5.41, 5.74) is 3.13. The second-order valence-corrected chi connectivity index (χ2v) is 9.35. The number of anilines is 1. The molecule has 0 heterocycles. The van der Waals surface area contributed by atoms with Crippen molar-refractivity contribution < 1.29 is 23.1 Å². The molecule has 0 saturated heterocycles. The Balaban J connectivity index is 1.73. The molecule has 0 spiro atoms. The normalized spacial score (nSPS) is 12.3. The Labute approximate surface area is 191 Å². The molecule has 4 N–H and O–H groups in total. The van der Waals surface area contributed by atoms with Gasteiger partial charge in [-0.3, -0.25) is 4.79 Å². The lowest BCUT2D eigenvalue weighted by molar-refractivity contribution is -0.118. The fourth-order valence-electron chi connectivity index (χ4n) is 3.08. The zero-order chi connectivity index (χ0) is 23.5. The first kappa shape index (κ1) is 23.7. The van der Waals surface area contributed by atoms with E-state index in [0.717, 1.165) is 5.56 Å². The number of benzene rings is 3. The van der Waals surface area contributed by atoms with Crippen LogP contribution in [0, 0.1) is 13.8 Å². The first-order valence-electron chi connectivity index (χ1n) is 9.65. The second kappa shape index (κ2) is 9.70. The molecule has 32 heavy (non-hydrogen) atoms. The molecule has 3 rings (SSSR count). The van der Waals surface area contributed by atoms with E-state index >= 15 is 0 Å². The first-order chi connectivity index (χ1) is 15.0. The molecule has 0 aliphatic rings. The maximum absolute atomic E-state index is 12.4. The third-order valence-corrected chi connectivity index (χ3v) is 5.96. The Hall–Kier alpha value is -2.91. The number of sulfonamides is 1. The summed E-state index contributed by atoms with van der Waals surface area (Å²) in [5, 5.41) is 19.0. The van der Waals surface area contributed by atoms with Gasteiger partial charge in [0.2, 0.25) is 10.0 Å². The highest BCUT2D eigenvalue weighted by Crippen LogP contribution is 2.32. The van der Waals surface area contributed by atoms with Crippen molar-refractivity contribution in [2.75, 3.05) is 11.9 Å². The molecular formula is C23H23ClN2O5S. The summed E-state index contributed by atoms with van der Waals surface area (Å²) >= 11 is 6.11. The lowest BCUT2D eigenvalue weighted by atomic mass is 10.00. The number of hydrogen-bond donors (Lipinski definition) is 3. The number of aliphatic hydroxyl groups excluding tert-OH is 1. The Morgan fingerprint density at radius 3 is 2.41 bits per heavy atom. The van der Waals surface area contributed by atoms with Gasteiger partial charge >= 0.3 is 0 Å². The van der Waals surface area contributed by atoms with Gasteiger partial charge in [-0.15, -0.1) is 0 Å². The fraction of sp³-hybridized carbons (Fsp3) is 0.174. The summed E-state index contributed by atoms with van der Waals surface area (Å²) in [6, 6.07) is 16.3. The van der Waals surface area contributed by atoms with Crippen molar-refractivity contribution in [3.05, 3.63) is 87.9 Å². The zero-order valence-electron chi connectivity index (χ0n) is 17.5. The lowest BCUT2D eigenvalue weighted by Gasteiger charge is -2.17. The standard InChI is InChI=1S/C23H23ClN2O5S/c1-14-3-5-16(6-4-14)23(28)19-12-17(24)7-10-21(19)31-13-22(27)26-20-9-8-18(11-15(20)2)32(25,29)30/h3-12,23,28H,13H2,1-2H3,(H,26,27)(H2,25,29,30). The number of hydrogen-bond acceptors (Lipinski definition) is 5. The van der Waals surface area contributed by atoms with Crippen molar-refractivity contribution in [2.45, 2.75) is 24.8 Å². The maximum Gasteiger partial charge on any atom is 0.262 e. The van der Waals surface area contributed by atoms with Crippen LogP contribution in [0.1, 0.15) is 28.4 Å². The van der Waals surface area contributed by atoms with E-state index in [1.54, 1.807) is 25.1 Å². The van der Waals surface area contributed by atoms with Gasteiger partial charge in [-0.05, 0) is 61.4 Å². The van der Waals surface area contributed by atoms with Crippen LogP contribution in [0.2, 0.25) is 5.02 Å². The molecule has 0 aliphatic carbocycles. The zero-order valence-corrected chi connectivity index (χ0v) is 19.1. The van der Waals surface area contributed by atoms with Crippen molar-refractivity contribution in [1.29, 1.82) is 0 Å². The second-order valence-electron chi connectivity index (χ2n) is 7.35. The van der Waals surface area contributed by atoms with Crippen LogP contribution in [0.4, 0.5) is 5.69 Å². The summed E-state index contributed by atoms with van der Waals surface area (Å²) in [6.45, 7) is 3.28. The molecule has 0 bridgehead atoms. The predicted molar refractivity (Wildman–Crippen MR) is 123 cm³/mol. The number of nitrogens with one attached hydrogen (secondary N) is 1. The average molecular weight is 475 g/mol. The molecule has 0 saturated carbocycles. The number of nitrogens with two attached hydrogens (primary N) is 1. The average Bonchev–Trinajstić information content (AvgIpc) is 2.73. The van der Waals surface area contributed by atoms with Crippen LogP contribution in [0.3, 0.4) is 0 Å². The summed E-state index contributed by atoms with van der Waals surface area (Å²) in [6.07, 6.45) is -0.986. The molecule has 168 valence electrons. The number of aryl methyl sites for hydroxylation is 2. The fourth-order valence-corrected chi connectivity index (χ4v) is 3.86. The van der Waals surface area contributed by atoms with Crippen LogP contribution in [0.5, 0.6) is 5.75 Å². The van der Waals surface area contributed by atoms with Gasteiger partial charge in [-0.2, -0.15) is 0 Å². The van der Waals surface area contributed by atoms with Crippen LogP contribution in [0.25, 0.3) is 0 Å². The van der Waals surface area contributed by atoms with Gasteiger partial charge in [0.1, 0.15) is 11.9 Å². The van der Waals surface area contributed by atoms with E-state index in [1.807, 2.05) is 31.2 Å². The molecule has 3 aromatic carbocycles. The molecule has 3 aromatic rings. The van der Waals surface area contributed by atoms with E-state index in [4.69, 9.17) is 21.5 Å². The smallest absolute Gasteiger partial charge is 0.262 e. The molecule has 0 aromatic heterocycles. The van der Waals surface area contributed by atoms with E-state index in [0.29, 0.717) is 33.1 Å². The van der Waals surface area contributed by atoms with Crippen LogP contribution in [-0.2, 0) is 14.8 Å². The van der Waals surface area contributed by atoms with E-state index in [1.165, 1.54) is 18.2 Å². The minimum Gasteiger partial charge on any atom is -0.483 e. The number of ether oxygens (including phenoxy) is 1. The molecule has 0 aliphatic heterocycles. The summed E-state index contributed by atoms with van der Waals surface area (Å²) in [7, 11) is -3.83. The van der Waals surface area contributed by atoms with Crippen LogP contribution in [0.15, 0.2) is 65.6 Å². The lowest BCUT2D eigenvalue weighted by Crippen LogP contribution is -2.21. The highest BCUT2D eigenvalue weighted by molar-refractivity contribution is 7.89. The number of amides is 1. The SMILES string of the molecule is Cc1ccc(C(O)c2cc(Cl)ccc2OCC(=O)Nc2ccc(S(N)(=O)=O)cc2C)cc1. The van der Waals surface area contributed by atoms with Gasteiger partial charge in [0.15, 0.2) is 6.61 Å². The molecule has 7 nitrogen and oxygen atoms in total. The maximum atomic E-state index is 12.4. The topological polar surface area (TPSA) is 119 Å². The van der Waals surface area contributed by atoms with Gasteiger partial charge in [0, 0.05) is 16.3 Å². The van der Waals surface area contributed by atoms with Crippen molar-refractivity contribution in [3.63, 3.8) is 0 Å². The van der Waals surface area contributed by atoms with Crippen molar-refractivity contribution >= 4 is 33.2 Å². The predicted octanol–water partition coefficient (Wildman–Crippen LogP) is 3.70. The van der Waals surface area contributed by atoms with Crippen LogP contribution in [-0.4, -0.2) is 26.0 Å². The van der Waals surface area contributed by atoms with E-state index in [2.05, 4.69) is 5.32 Å². The molecule has 1 amide bonds. The van der Waals surface area contributed by atoms with Crippen LogP contribution < -0.4 is 15.2 Å². The van der Waals surface area contributed by atoms with Gasteiger partial charge in [0.25, 0.3) is 5.91 Å². The Kier molecular flexibility index (Phi) is 7.20. The largest absolute Gasteiger partial charge is 0.483 e. The Morgan fingerprint density at radius 2 is 1.78 bits per heavy atom. The Morgan fingerprint density at radius 1 is 1.09 bits per heavy atom. The van der Waals surface area contributed by atoms with Crippen molar-refractivity contribution in [2.24, 2.45) is 5.14 Å². The molecular weight excluding hydrogens is 452 g/mol. The van der Waals surface area contributed by atoms with Gasteiger partial charge in [0.05, 0.1) is 4.90 Å². The quantitative estimate of drug-likeness (QED) is 0.482. The Bertz CT molecular complexity index is 1240. The van der Waals surface area contributed by atoms with Crippen molar-refractivity contribution in [3.8, 4) is 5.75 Å². The van der Waals surface area contributed by atoms with Crippen molar-refractivity contribution in [1.82, 2.24) is 0 Å². The number of carbonyl (C=O) groups excluding carboxylic acids is 1. The number of halogens is 1. The molecule has 1 unspecified atom stereocenters. The van der Waals surface area contributed by atoms with Gasteiger partial charge < -0.3 is 15.2 Å². The van der Waals surface area contributed by atoms with E-state index in [9.17, 15) is 18.3 Å². The monoisotopic (exact) mass is 474 g/mol. The van der Waals surface area contributed by atoms with E-state index < -0.39 is 22.0 Å². The minimum atomic E-state index is -3.83. The molecule has 0 fully saturated rings.